The van der Waals surface area contributed by atoms with Crippen molar-refractivity contribution in [2.45, 2.75) is 96.8 Å². The van der Waals surface area contributed by atoms with E-state index in [2.05, 4.69) is 13.0 Å². The Labute approximate surface area is 229 Å². The lowest BCUT2D eigenvalue weighted by molar-refractivity contribution is 0.144. The Balaban J connectivity index is 1.49. The molecule has 4 heteroatoms. The molecule has 0 aromatic heterocycles. The lowest BCUT2D eigenvalue weighted by atomic mass is 9.94. The first-order valence-corrected chi connectivity index (χ1v) is 14.5. The van der Waals surface area contributed by atoms with Crippen LogP contribution in [0.2, 0.25) is 0 Å². The number of rotatable bonds is 18. The van der Waals surface area contributed by atoms with Crippen LogP contribution in [0.1, 0.15) is 96.0 Å². The molecule has 0 aliphatic heterocycles. The molecule has 3 aromatic rings. The summed E-state index contributed by atoms with van der Waals surface area (Å²) in [5, 5.41) is 9.29. The van der Waals surface area contributed by atoms with Crippen molar-refractivity contribution < 1.29 is 19.4 Å². The van der Waals surface area contributed by atoms with Crippen LogP contribution < -0.4 is 9.47 Å². The zero-order chi connectivity index (χ0) is 26.8. The number of hydrogen-bond donors (Lipinski definition) is 1. The standard InChI is InChI=1S/C34H44O4/c1-2-3-4-5-6-7-8-9-10-11-12-13-15-19-28-20-18-23-32(38-34(35)36)33(28)29-24-26-31(27-25-29)37-30-21-16-14-17-22-30/h14,16-18,20-27H,2-13,15,19H2,1H3,(H,35,36). The minimum Gasteiger partial charge on any atom is -0.457 e. The maximum atomic E-state index is 11.4. The Kier molecular flexibility index (Phi) is 13.3. The van der Waals surface area contributed by atoms with E-state index in [-0.39, 0.29) is 0 Å². The van der Waals surface area contributed by atoms with E-state index in [0.29, 0.717) is 5.75 Å². The number of carboxylic acid groups (broad SMARTS) is 1. The molecule has 3 rings (SSSR count). The fourth-order valence-electron chi connectivity index (χ4n) is 4.94. The average molecular weight is 517 g/mol. The van der Waals surface area contributed by atoms with Gasteiger partial charge < -0.3 is 14.6 Å². The third kappa shape index (κ3) is 10.6. The van der Waals surface area contributed by atoms with Gasteiger partial charge >= 0.3 is 6.16 Å². The summed E-state index contributed by atoms with van der Waals surface area (Å²) in [5.41, 5.74) is 2.88. The van der Waals surface area contributed by atoms with Gasteiger partial charge in [0.15, 0.2) is 0 Å². The molecule has 0 unspecified atom stereocenters. The molecule has 38 heavy (non-hydrogen) atoms. The van der Waals surface area contributed by atoms with Gasteiger partial charge in [-0.2, -0.15) is 0 Å². The zero-order valence-electron chi connectivity index (χ0n) is 23.0. The normalized spacial score (nSPS) is 10.9. The summed E-state index contributed by atoms with van der Waals surface area (Å²) >= 11 is 0. The topological polar surface area (TPSA) is 55.8 Å². The van der Waals surface area contributed by atoms with Crippen molar-refractivity contribution in [3.63, 3.8) is 0 Å². The van der Waals surface area contributed by atoms with Crippen LogP contribution in [0.3, 0.4) is 0 Å². The summed E-state index contributed by atoms with van der Waals surface area (Å²) in [6.45, 7) is 2.27. The maximum absolute atomic E-state index is 11.4. The second-order valence-corrected chi connectivity index (χ2v) is 10.1. The Morgan fingerprint density at radius 2 is 1.18 bits per heavy atom. The van der Waals surface area contributed by atoms with E-state index in [0.717, 1.165) is 41.0 Å². The number of para-hydroxylation sites is 1. The fraction of sp³-hybridized carbons (Fsp3) is 0.441. The molecule has 0 aliphatic carbocycles. The van der Waals surface area contributed by atoms with E-state index in [4.69, 9.17) is 9.47 Å². The van der Waals surface area contributed by atoms with E-state index < -0.39 is 6.16 Å². The largest absolute Gasteiger partial charge is 0.511 e. The first-order valence-electron chi connectivity index (χ1n) is 14.5. The van der Waals surface area contributed by atoms with E-state index >= 15 is 0 Å². The summed E-state index contributed by atoms with van der Waals surface area (Å²) in [6.07, 6.45) is 16.8. The van der Waals surface area contributed by atoms with Gasteiger partial charge in [-0.1, -0.05) is 126 Å². The zero-order valence-corrected chi connectivity index (χ0v) is 23.0. The van der Waals surface area contributed by atoms with Crippen LogP contribution in [0.4, 0.5) is 4.79 Å². The molecule has 204 valence electrons. The van der Waals surface area contributed by atoms with E-state index in [9.17, 15) is 9.90 Å². The molecule has 0 atom stereocenters. The predicted molar refractivity (Wildman–Crippen MR) is 156 cm³/mol. The van der Waals surface area contributed by atoms with Crippen LogP contribution in [-0.2, 0) is 6.42 Å². The van der Waals surface area contributed by atoms with Gasteiger partial charge in [0.1, 0.15) is 17.2 Å². The van der Waals surface area contributed by atoms with Gasteiger partial charge in [-0.3, -0.25) is 0 Å². The van der Waals surface area contributed by atoms with Gasteiger partial charge in [0, 0.05) is 5.56 Å². The van der Waals surface area contributed by atoms with Gasteiger partial charge in [0.2, 0.25) is 0 Å². The molecule has 0 saturated carbocycles. The third-order valence-corrected chi connectivity index (χ3v) is 6.98. The molecule has 1 N–H and O–H groups in total. The molecule has 0 saturated heterocycles. The minimum atomic E-state index is -1.30. The van der Waals surface area contributed by atoms with Gasteiger partial charge in [-0.25, -0.2) is 4.79 Å². The summed E-state index contributed by atoms with van der Waals surface area (Å²) in [7, 11) is 0. The summed E-state index contributed by atoms with van der Waals surface area (Å²) in [4.78, 5) is 11.4. The van der Waals surface area contributed by atoms with Gasteiger partial charge in [0.05, 0.1) is 0 Å². The minimum absolute atomic E-state index is 0.376. The Hall–Kier alpha value is -3.27. The first kappa shape index (κ1) is 29.3. The highest BCUT2D eigenvalue weighted by Gasteiger charge is 2.15. The SMILES string of the molecule is CCCCCCCCCCCCCCCc1cccc(OC(=O)O)c1-c1ccc(Oc2ccccc2)cc1. The van der Waals surface area contributed by atoms with Crippen molar-refractivity contribution in [1.29, 1.82) is 0 Å². The van der Waals surface area contributed by atoms with Gasteiger partial charge in [0.25, 0.3) is 0 Å². The first-order chi connectivity index (χ1) is 18.7. The molecule has 0 fully saturated rings. The molecule has 3 aromatic carbocycles. The average Bonchev–Trinajstić information content (AvgIpc) is 2.92. The van der Waals surface area contributed by atoms with E-state index in [1.807, 2.05) is 60.7 Å². The highest BCUT2D eigenvalue weighted by molar-refractivity contribution is 5.77. The third-order valence-electron chi connectivity index (χ3n) is 6.98. The van der Waals surface area contributed by atoms with Crippen molar-refractivity contribution in [2.24, 2.45) is 0 Å². The van der Waals surface area contributed by atoms with E-state index in [1.165, 1.54) is 77.0 Å². The molecule has 0 radical (unpaired) electrons. The molecular formula is C34H44O4. The summed E-state index contributed by atoms with van der Waals surface area (Å²) in [6, 6.07) is 23.1. The monoisotopic (exact) mass is 516 g/mol. The number of carbonyl (C=O) groups is 1. The highest BCUT2D eigenvalue weighted by Crippen LogP contribution is 2.36. The molecular weight excluding hydrogens is 472 g/mol. The number of benzene rings is 3. The molecule has 4 nitrogen and oxygen atoms in total. The van der Waals surface area contributed by atoms with Crippen LogP contribution in [-0.4, -0.2) is 11.3 Å². The van der Waals surface area contributed by atoms with E-state index in [1.54, 1.807) is 6.07 Å². The quantitative estimate of drug-likeness (QED) is 0.104. The molecule has 0 amide bonds. The Morgan fingerprint density at radius 1 is 0.632 bits per heavy atom. The number of ether oxygens (including phenoxy) is 2. The van der Waals surface area contributed by atoms with Crippen molar-refractivity contribution in [2.75, 3.05) is 0 Å². The van der Waals surface area contributed by atoms with Crippen LogP contribution in [0.15, 0.2) is 72.8 Å². The van der Waals surface area contributed by atoms with Gasteiger partial charge in [-0.05, 0) is 54.3 Å². The Bertz CT molecular complexity index is 1060. The van der Waals surface area contributed by atoms with Crippen molar-refractivity contribution >= 4 is 6.16 Å². The maximum Gasteiger partial charge on any atom is 0.511 e. The predicted octanol–water partition coefficient (Wildman–Crippen LogP) is 10.8. The second-order valence-electron chi connectivity index (χ2n) is 10.1. The highest BCUT2D eigenvalue weighted by atomic mass is 16.7. The lowest BCUT2D eigenvalue weighted by Crippen LogP contribution is -2.05. The van der Waals surface area contributed by atoms with Crippen molar-refractivity contribution in [3.05, 3.63) is 78.4 Å². The van der Waals surface area contributed by atoms with Crippen molar-refractivity contribution in [1.82, 2.24) is 0 Å². The molecule has 0 aliphatic rings. The van der Waals surface area contributed by atoms with Crippen LogP contribution in [0.25, 0.3) is 11.1 Å². The molecule has 0 heterocycles. The van der Waals surface area contributed by atoms with Crippen LogP contribution >= 0.6 is 0 Å². The van der Waals surface area contributed by atoms with Crippen LogP contribution in [0.5, 0.6) is 17.2 Å². The van der Waals surface area contributed by atoms with Gasteiger partial charge in [-0.15, -0.1) is 0 Å². The number of aryl methyl sites for hydroxylation is 1. The molecule has 0 bridgehead atoms. The van der Waals surface area contributed by atoms with Crippen LogP contribution in [0, 0.1) is 0 Å². The number of unbranched alkanes of at least 4 members (excludes halogenated alkanes) is 12. The lowest BCUT2D eigenvalue weighted by Gasteiger charge is -2.15. The van der Waals surface area contributed by atoms with Crippen molar-refractivity contribution in [3.8, 4) is 28.4 Å². The molecule has 0 spiro atoms. The number of hydrogen-bond acceptors (Lipinski definition) is 3. The summed E-state index contributed by atoms with van der Waals surface area (Å²) < 4.78 is 11.1. The fourth-order valence-corrected chi connectivity index (χ4v) is 4.94. The smallest absolute Gasteiger partial charge is 0.457 e. The summed E-state index contributed by atoms with van der Waals surface area (Å²) in [5.74, 6) is 1.88. The second kappa shape index (κ2) is 17.3. The Morgan fingerprint density at radius 3 is 1.76 bits per heavy atom.